The first-order valence-electron chi connectivity index (χ1n) is 19.5. The molecule has 0 saturated heterocycles. The van der Waals surface area contributed by atoms with E-state index in [4.69, 9.17) is 9.47 Å². The standard InChI is InChI=1S/C39H77NO5.BrH/c1-6-8-10-12-14-16-18-20-22-24-26-28-30-32-36(42)44-35(34-41)38(40-39(3,4)5)45-37(43)33-31-29-27-25-23-21-19-17-15-13-11-9-7-2;/h35,38,40-41H,6-34H2,1-5H3;1H. The molecule has 0 aliphatic rings. The molecule has 2 atom stereocenters. The lowest BCUT2D eigenvalue weighted by Gasteiger charge is -2.32. The monoisotopic (exact) mass is 720 g/mol. The van der Waals surface area contributed by atoms with Crippen LogP contribution in [0.3, 0.4) is 0 Å². The SMILES string of the molecule is Br.CCCCCCCCCCCCCCCC(=O)OC(CO)C(NC(C)(C)C)OC(=O)CCCCCCCCCCCCCCC. The molecule has 276 valence electrons. The van der Waals surface area contributed by atoms with E-state index in [2.05, 4.69) is 19.2 Å². The molecule has 0 saturated carbocycles. The number of halogens is 1. The molecule has 2 unspecified atom stereocenters. The van der Waals surface area contributed by atoms with E-state index in [1.54, 1.807) is 0 Å². The van der Waals surface area contributed by atoms with Gasteiger partial charge in [0.05, 0.1) is 6.61 Å². The van der Waals surface area contributed by atoms with Crippen LogP contribution < -0.4 is 5.32 Å². The van der Waals surface area contributed by atoms with Crippen molar-refractivity contribution in [3.05, 3.63) is 0 Å². The maximum atomic E-state index is 12.7. The molecule has 6 nitrogen and oxygen atoms in total. The van der Waals surface area contributed by atoms with Crippen molar-refractivity contribution in [2.75, 3.05) is 6.61 Å². The van der Waals surface area contributed by atoms with Crippen LogP contribution in [-0.2, 0) is 19.1 Å². The number of hydrogen-bond donors (Lipinski definition) is 2. The summed E-state index contributed by atoms with van der Waals surface area (Å²) in [7, 11) is 0. The van der Waals surface area contributed by atoms with Crippen molar-refractivity contribution in [2.45, 2.75) is 232 Å². The molecule has 0 aliphatic heterocycles. The number of hydrogen-bond acceptors (Lipinski definition) is 6. The topological polar surface area (TPSA) is 84.9 Å². The maximum Gasteiger partial charge on any atom is 0.307 e. The lowest BCUT2D eigenvalue weighted by atomic mass is 10.0. The Hall–Kier alpha value is -0.660. The van der Waals surface area contributed by atoms with Gasteiger partial charge in [-0.2, -0.15) is 0 Å². The summed E-state index contributed by atoms with van der Waals surface area (Å²) in [6.07, 6.45) is 31.4. The number of nitrogens with one attached hydrogen (secondary N) is 1. The van der Waals surface area contributed by atoms with Gasteiger partial charge in [0.1, 0.15) is 0 Å². The smallest absolute Gasteiger partial charge is 0.307 e. The summed E-state index contributed by atoms with van der Waals surface area (Å²) in [5, 5.41) is 13.3. The lowest BCUT2D eigenvalue weighted by molar-refractivity contribution is -0.176. The number of rotatable bonds is 33. The molecule has 0 rings (SSSR count). The van der Waals surface area contributed by atoms with E-state index < -0.39 is 18.9 Å². The fraction of sp³-hybridized carbons (Fsp3) is 0.949. The van der Waals surface area contributed by atoms with E-state index in [-0.39, 0.29) is 34.5 Å². The number of unbranched alkanes of at least 4 members (excludes halogenated alkanes) is 24. The highest BCUT2D eigenvalue weighted by atomic mass is 79.9. The minimum atomic E-state index is -0.922. The molecule has 0 heterocycles. The van der Waals surface area contributed by atoms with Gasteiger partial charge < -0.3 is 14.6 Å². The molecule has 0 aromatic rings. The number of carbonyl (C=O) groups excluding carboxylic acids is 2. The third-order valence-corrected chi connectivity index (χ3v) is 8.60. The Balaban J connectivity index is 0. The third-order valence-electron chi connectivity index (χ3n) is 8.60. The van der Waals surface area contributed by atoms with E-state index in [1.165, 1.54) is 128 Å². The predicted octanol–water partition coefficient (Wildman–Crippen LogP) is 11.7. The molecular weight excluding hydrogens is 642 g/mol. The Kier molecular flexibility index (Phi) is 35.3. The molecule has 0 fully saturated rings. The van der Waals surface area contributed by atoms with Crippen molar-refractivity contribution in [3.63, 3.8) is 0 Å². The van der Waals surface area contributed by atoms with Crippen LogP contribution in [0.15, 0.2) is 0 Å². The van der Waals surface area contributed by atoms with Crippen molar-refractivity contribution >= 4 is 28.9 Å². The molecule has 0 aromatic heterocycles. The Bertz CT molecular complexity index is 669. The fourth-order valence-corrected chi connectivity index (χ4v) is 5.82. The van der Waals surface area contributed by atoms with Crippen LogP contribution in [0, 0.1) is 0 Å². The second-order valence-electron chi connectivity index (χ2n) is 14.5. The van der Waals surface area contributed by atoms with Crippen LogP contribution in [0.2, 0.25) is 0 Å². The zero-order valence-electron chi connectivity index (χ0n) is 31.1. The Morgan fingerprint density at radius 2 is 0.804 bits per heavy atom. The summed E-state index contributed by atoms with van der Waals surface area (Å²) < 4.78 is 11.3. The van der Waals surface area contributed by atoms with E-state index in [1.807, 2.05) is 20.8 Å². The molecule has 2 N–H and O–H groups in total. The van der Waals surface area contributed by atoms with Gasteiger partial charge in [-0.15, -0.1) is 17.0 Å². The van der Waals surface area contributed by atoms with Crippen molar-refractivity contribution in [1.29, 1.82) is 0 Å². The highest BCUT2D eigenvalue weighted by molar-refractivity contribution is 8.93. The number of aliphatic hydroxyl groups excluding tert-OH is 1. The minimum absolute atomic E-state index is 0. The zero-order valence-corrected chi connectivity index (χ0v) is 32.9. The summed E-state index contributed by atoms with van der Waals surface area (Å²) >= 11 is 0. The molecule has 0 bridgehead atoms. The van der Waals surface area contributed by atoms with E-state index in [0.29, 0.717) is 12.8 Å². The van der Waals surface area contributed by atoms with E-state index in [0.717, 1.165) is 38.5 Å². The largest absolute Gasteiger partial charge is 0.454 e. The number of ether oxygens (including phenoxy) is 2. The minimum Gasteiger partial charge on any atom is -0.454 e. The van der Waals surface area contributed by atoms with Crippen molar-refractivity contribution in [2.24, 2.45) is 0 Å². The number of esters is 2. The summed E-state index contributed by atoms with van der Waals surface area (Å²) in [6, 6.07) is 0. The van der Waals surface area contributed by atoms with Crippen molar-refractivity contribution < 1.29 is 24.2 Å². The van der Waals surface area contributed by atoms with E-state index >= 15 is 0 Å². The van der Waals surface area contributed by atoms with Gasteiger partial charge in [0.25, 0.3) is 0 Å². The zero-order chi connectivity index (χ0) is 33.4. The third kappa shape index (κ3) is 33.2. The van der Waals surface area contributed by atoms with Gasteiger partial charge in [-0.25, -0.2) is 0 Å². The van der Waals surface area contributed by atoms with Crippen LogP contribution in [0.25, 0.3) is 0 Å². The van der Waals surface area contributed by atoms with Crippen LogP contribution in [0.5, 0.6) is 0 Å². The second kappa shape index (κ2) is 34.2. The molecule has 46 heavy (non-hydrogen) atoms. The molecule has 7 heteroatoms. The van der Waals surface area contributed by atoms with Crippen LogP contribution in [0.4, 0.5) is 0 Å². The Labute approximate surface area is 296 Å². The first-order valence-corrected chi connectivity index (χ1v) is 19.5. The van der Waals surface area contributed by atoms with Gasteiger partial charge in [-0.1, -0.05) is 168 Å². The van der Waals surface area contributed by atoms with Gasteiger partial charge in [0, 0.05) is 18.4 Å². The van der Waals surface area contributed by atoms with Crippen molar-refractivity contribution in [3.8, 4) is 0 Å². The average Bonchev–Trinajstić information content (AvgIpc) is 2.99. The average molecular weight is 721 g/mol. The van der Waals surface area contributed by atoms with E-state index in [9.17, 15) is 14.7 Å². The summed E-state index contributed by atoms with van der Waals surface area (Å²) in [4.78, 5) is 25.2. The summed E-state index contributed by atoms with van der Waals surface area (Å²) in [5.41, 5.74) is -0.380. The molecule has 0 aliphatic carbocycles. The Morgan fingerprint density at radius 1 is 0.522 bits per heavy atom. The highest BCUT2D eigenvalue weighted by Crippen LogP contribution is 2.16. The van der Waals surface area contributed by atoms with Crippen LogP contribution in [0.1, 0.15) is 214 Å². The number of carbonyl (C=O) groups is 2. The lowest BCUT2D eigenvalue weighted by Crippen LogP contribution is -2.54. The normalized spacial score (nSPS) is 12.8. The van der Waals surface area contributed by atoms with Gasteiger partial charge in [-0.3, -0.25) is 14.9 Å². The molecule has 0 spiro atoms. The maximum absolute atomic E-state index is 12.7. The Morgan fingerprint density at radius 3 is 1.09 bits per heavy atom. The molecular formula is C39H78BrNO5. The molecule has 0 amide bonds. The van der Waals surface area contributed by atoms with Gasteiger partial charge in [0.15, 0.2) is 12.3 Å². The van der Waals surface area contributed by atoms with Gasteiger partial charge in [0.2, 0.25) is 0 Å². The van der Waals surface area contributed by atoms with Crippen LogP contribution >= 0.6 is 17.0 Å². The number of aliphatic hydroxyl groups is 1. The van der Waals surface area contributed by atoms with Crippen LogP contribution in [-0.4, -0.2) is 41.5 Å². The van der Waals surface area contributed by atoms with Gasteiger partial charge >= 0.3 is 11.9 Å². The van der Waals surface area contributed by atoms with Gasteiger partial charge in [-0.05, 0) is 33.6 Å². The second-order valence-corrected chi connectivity index (χ2v) is 14.5. The fourth-order valence-electron chi connectivity index (χ4n) is 5.82. The summed E-state index contributed by atoms with van der Waals surface area (Å²) in [5.74, 6) is -0.656. The first-order chi connectivity index (χ1) is 21.7. The van der Waals surface area contributed by atoms with Crippen molar-refractivity contribution in [1.82, 2.24) is 5.32 Å². The molecule has 0 radical (unpaired) electrons. The molecule has 0 aromatic carbocycles. The predicted molar refractivity (Wildman–Crippen MR) is 201 cm³/mol. The highest BCUT2D eigenvalue weighted by Gasteiger charge is 2.31. The summed E-state index contributed by atoms with van der Waals surface area (Å²) in [6.45, 7) is 10.0. The first kappa shape index (κ1) is 47.5. The quantitative estimate of drug-likeness (QED) is 0.0399.